The lowest BCUT2D eigenvalue weighted by molar-refractivity contribution is -0.302. The van der Waals surface area contributed by atoms with E-state index in [2.05, 4.69) is 35.0 Å². The summed E-state index contributed by atoms with van der Waals surface area (Å²) in [6.45, 7) is 12.0. The number of nitrogens with zero attached hydrogens (tertiary/aromatic N) is 1. The number of hydrogen-bond donors (Lipinski definition) is 1. The molecule has 2 saturated heterocycles. The lowest BCUT2D eigenvalue weighted by atomic mass is 9.82. The SMILES string of the molecule is CCC1C=C(C)CC(C)CC(OC)C2OC(O)(C(=O)C(=O)N3CCCCC3C(=O)OC(C(C)=CC3(Br)CCCC(OC)C3)C(C)CCC1=O)C(C)CC2OC. The maximum atomic E-state index is 14.3. The molecule has 11 nitrogen and oxygen atoms in total. The van der Waals surface area contributed by atoms with Crippen LogP contribution in [0.25, 0.3) is 0 Å². The zero-order valence-electron chi connectivity index (χ0n) is 34.8. The molecular weight excluding hydrogens is 770 g/mol. The highest BCUT2D eigenvalue weighted by Crippen LogP contribution is 2.41. The highest BCUT2D eigenvalue weighted by atomic mass is 79.9. The number of ether oxygens (including phenoxy) is 5. The lowest BCUT2D eigenvalue weighted by Crippen LogP contribution is -2.64. The van der Waals surface area contributed by atoms with Gasteiger partial charge in [0, 0.05) is 50.5 Å². The number of ketones is 2. The summed E-state index contributed by atoms with van der Waals surface area (Å²) < 4.78 is 29.8. The molecule has 3 heterocycles. The van der Waals surface area contributed by atoms with Crippen molar-refractivity contribution in [3.63, 3.8) is 0 Å². The second-order valence-corrected chi connectivity index (χ2v) is 18.7. The van der Waals surface area contributed by atoms with Gasteiger partial charge in [-0.15, -0.1) is 0 Å². The van der Waals surface area contributed by atoms with E-state index < -0.39 is 59.8 Å². The van der Waals surface area contributed by atoms with Gasteiger partial charge in [-0.1, -0.05) is 61.4 Å². The molecule has 12 atom stereocenters. The maximum Gasteiger partial charge on any atom is 0.329 e. The topological polar surface area (TPSA) is 138 Å². The molecule has 0 spiro atoms. The number of allylic oxidation sites excluding steroid dienone is 3. The lowest BCUT2D eigenvalue weighted by Gasteiger charge is -2.47. The molecule has 0 aromatic heterocycles. The average molecular weight is 839 g/mol. The number of halogens is 1. The van der Waals surface area contributed by atoms with Crippen LogP contribution >= 0.6 is 15.9 Å². The predicted molar refractivity (Wildman–Crippen MR) is 213 cm³/mol. The van der Waals surface area contributed by atoms with Gasteiger partial charge in [-0.2, -0.15) is 0 Å². The Kier molecular flexibility index (Phi) is 16.8. The normalized spacial score (nSPS) is 39.8. The van der Waals surface area contributed by atoms with Crippen LogP contribution in [0, 0.1) is 23.7 Å². The van der Waals surface area contributed by atoms with Crippen molar-refractivity contribution in [3.05, 3.63) is 23.3 Å². The van der Waals surface area contributed by atoms with E-state index in [-0.39, 0.29) is 46.9 Å². The summed E-state index contributed by atoms with van der Waals surface area (Å²) >= 11 is 3.99. The summed E-state index contributed by atoms with van der Waals surface area (Å²) in [4.78, 5) is 57.8. The summed E-state index contributed by atoms with van der Waals surface area (Å²) in [6, 6.07) is -1.02. The average Bonchev–Trinajstić information content (AvgIpc) is 3.16. The van der Waals surface area contributed by atoms with Gasteiger partial charge in [0.05, 0.1) is 18.3 Å². The van der Waals surface area contributed by atoms with Gasteiger partial charge in [0.1, 0.15) is 24.0 Å². The molecule has 0 aromatic carbocycles. The zero-order chi connectivity index (χ0) is 40.7. The third kappa shape index (κ3) is 11.2. The van der Waals surface area contributed by atoms with Crippen LogP contribution in [0.2, 0.25) is 0 Å². The molecule has 1 aliphatic carbocycles. The number of cyclic esters (lactones) is 1. The Morgan fingerprint density at radius 2 is 1.69 bits per heavy atom. The number of carbonyl (C=O) groups is 4. The van der Waals surface area contributed by atoms with Gasteiger partial charge < -0.3 is 33.7 Å². The molecule has 12 heteroatoms. The summed E-state index contributed by atoms with van der Waals surface area (Å²) in [7, 11) is 4.84. The zero-order valence-corrected chi connectivity index (χ0v) is 36.4. The van der Waals surface area contributed by atoms with Gasteiger partial charge in [-0.25, -0.2) is 4.79 Å². The van der Waals surface area contributed by atoms with Gasteiger partial charge in [-0.3, -0.25) is 14.4 Å². The molecule has 0 radical (unpaired) electrons. The third-order valence-corrected chi connectivity index (χ3v) is 13.6. The van der Waals surface area contributed by atoms with Crippen molar-refractivity contribution in [3.8, 4) is 0 Å². The Hall–Kier alpha value is -1.96. The van der Waals surface area contributed by atoms with Crippen LogP contribution in [0.5, 0.6) is 0 Å². The minimum atomic E-state index is -2.45. The Morgan fingerprint density at radius 1 is 1.00 bits per heavy atom. The van der Waals surface area contributed by atoms with Crippen molar-refractivity contribution in [1.29, 1.82) is 0 Å². The molecule has 12 unspecified atom stereocenters. The highest BCUT2D eigenvalue weighted by molar-refractivity contribution is 9.10. The number of piperidine rings is 1. The first-order chi connectivity index (χ1) is 26.0. The van der Waals surface area contributed by atoms with Crippen molar-refractivity contribution < 1.29 is 48.0 Å². The minimum absolute atomic E-state index is 0.0997. The van der Waals surface area contributed by atoms with E-state index in [9.17, 15) is 24.3 Å². The molecule has 1 saturated carbocycles. The molecule has 3 aliphatic heterocycles. The van der Waals surface area contributed by atoms with E-state index in [0.717, 1.165) is 36.8 Å². The van der Waals surface area contributed by atoms with Crippen LogP contribution < -0.4 is 0 Å². The fourth-order valence-electron chi connectivity index (χ4n) is 9.41. The number of fused-ring (bicyclic) bond motifs is 3. The first-order valence-corrected chi connectivity index (χ1v) is 21.4. The minimum Gasteiger partial charge on any atom is -0.456 e. The Balaban J connectivity index is 1.75. The Labute approximate surface area is 337 Å². The first-order valence-electron chi connectivity index (χ1n) is 20.6. The number of Topliss-reactive ketones (excluding diaryl/α,β-unsaturated/α-hetero) is 2. The van der Waals surface area contributed by atoms with Gasteiger partial charge in [0.15, 0.2) is 0 Å². The number of hydrogen-bond acceptors (Lipinski definition) is 10. The molecule has 1 amide bonds. The van der Waals surface area contributed by atoms with Gasteiger partial charge in [0.2, 0.25) is 5.79 Å². The van der Waals surface area contributed by atoms with Gasteiger partial charge in [0.25, 0.3) is 11.7 Å². The molecule has 2 bridgehead atoms. The van der Waals surface area contributed by atoms with Crippen LogP contribution in [0.3, 0.4) is 0 Å². The number of methoxy groups -OCH3 is 3. The molecule has 0 aromatic rings. The van der Waals surface area contributed by atoms with Crippen molar-refractivity contribution in [2.24, 2.45) is 23.7 Å². The van der Waals surface area contributed by atoms with Gasteiger partial charge >= 0.3 is 5.97 Å². The fourth-order valence-corrected chi connectivity index (χ4v) is 10.4. The maximum absolute atomic E-state index is 14.3. The molecule has 4 rings (SSSR count). The van der Waals surface area contributed by atoms with E-state index >= 15 is 0 Å². The second-order valence-electron chi connectivity index (χ2n) is 17.1. The summed E-state index contributed by atoms with van der Waals surface area (Å²) in [6.07, 6.45) is 9.91. The number of alkyl halides is 1. The Morgan fingerprint density at radius 3 is 2.35 bits per heavy atom. The molecule has 1 N–H and O–H groups in total. The van der Waals surface area contributed by atoms with Crippen molar-refractivity contribution in [2.75, 3.05) is 27.9 Å². The smallest absolute Gasteiger partial charge is 0.329 e. The summed E-state index contributed by atoms with van der Waals surface area (Å²) in [5.74, 6) is -6.13. The van der Waals surface area contributed by atoms with Crippen LogP contribution in [0.4, 0.5) is 0 Å². The van der Waals surface area contributed by atoms with Gasteiger partial charge in [-0.05, 0) is 108 Å². The highest BCUT2D eigenvalue weighted by Gasteiger charge is 2.56. The number of esters is 1. The first kappa shape index (κ1) is 45.7. The standard InChI is InChI=1S/C43H68BrNO10/c1-10-31-21-26(2)20-27(3)22-35(52-8)38-36(53-9)23-30(6)43(50,55-38)39(47)40(48)45-19-12-11-15-33(45)41(49)54-37(28(4)16-17-34(31)46)29(5)24-42(44)18-13-14-32(25-42)51-7/h21,24,27-28,30-33,35-38,50H,10-20,22-23,25H2,1-9H3. The number of carbonyl (C=O) groups excluding carboxylic acids is 4. The number of amides is 1. The fraction of sp³-hybridized carbons (Fsp3) is 0.814. The Bertz CT molecular complexity index is 1420. The largest absolute Gasteiger partial charge is 0.456 e. The molecule has 55 heavy (non-hydrogen) atoms. The van der Waals surface area contributed by atoms with Crippen LogP contribution in [-0.2, 0) is 42.9 Å². The molecular formula is C43H68BrNO10. The predicted octanol–water partition coefficient (Wildman–Crippen LogP) is 7.05. The molecule has 3 fully saturated rings. The third-order valence-electron chi connectivity index (χ3n) is 12.7. The van der Waals surface area contributed by atoms with Crippen molar-refractivity contribution in [2.45, 2.75) is 172 Å². The van der Waals surface area contributed by atoms with E-state index in [4.69, 9.17) is 23.7 Å². The monoisotopic (exact) mass is 837 g/mol. The van der Waals surface area contributed by atoms with E-state index in [1.807, 2.05) is 27.7 Å². The molecule has 312 valence electrons. The second kappa shape index (κ2) is 20.1. The van der Waals surface area contributed by atoms with Crippen LogP contribution in [-0.4, -0.2) is 108 Å². The summed E-state index contributed by atoms with van der Waals surface area (Å²) in [5, 5.41) is 12.0. The quantitative estimate of drug-likeness (QED) is 0.128. The van der Waals surface area contributed by atoms with Crippen LogP contribution in [0.1, 0.15) is 125 Å². The van der Waals surface area contributed by atoms with E-state index in [1.165, 1.54) is 4.90 Å². The van der Waals surface area contributed by atoms with Crippen LogP contribution in [0.15, 0.2) is 23.3 Å². The number of rotatable bonds is 6. The molecule has 4 aliphatic rings. The van der Waals surface area contributed by atoms with E-state index in [1.54, 1.807) is 28.3 Å². The summed E-state index contributed by atoms with van der Waals surface area (Å²) in [5.41, 5.74) is 1.94. The van der Waals surface area contributed by atoms with Crippen molar-refractivity contribution >= 4 is 39.4 Å². The van der Waals surface area contributed by atoms with E-state index in [0.29, 0.717) is 51.4 Å². The van der Waals surface area contributed by atoms with Crippen molar-refractivity contribution in [1.82, 2.24) is 4.90 Å². The number of aliphatic hydroxyl groups is 1.